The zero-order valence-electron chi connectivity index (χ0n) is 14.4. The van der Waals surface area contributed by atoms with Crippen molar-refractivity contribution in [1.29, 1.82) is 0 Å². The molecule has 0 saturated carbocycles. The van der Waals surface area contributed by atoms with E-state index in [0.29, 0.717) is 10.8 Å². The highest BCUT2D eigenvalue weighted by Gasteiger charge is 2.15. The van der Waals surface area contributed by atoms with Crippen molar-refractivity contribution in [1.82, 2.24) is 9.97 Å². The molecule has 0 aliphatic rings. The number of ether oxygens (including phenoxy) is 1. The van der Waals surface area contributed by atoms with E-state index in [9.17, 15) is 9.59 Å². The SMILES string of the molecule is COC(=O)c1ccc(Cl)c(NC(=O)c2cnc(NC(C)(C)C)cn2)c1. The Bertz CT molecular complexity index is 785. The Labute approximate surface area is 150 Å². The molecule has 2 aromatic rings. The van der Waals surface area contributed by atoms with Gasteiger partial charge in [0, 0.05) is 5.54 Å². The first-order chi connectivity index (χ1) is 11.7. The number of rotatable bonds is 4. The van der Waals surface area contributed by atoms with Crippen LogP contribution in [0.5, 0.6) is 0 Å². The van der Waals surface area contributed by atoms with Gasteiger partial charge in [-0.05, 0) is 39.0 Å². The number of amides is 1. The third kappa shape index (κ3) is 5.15. The van der Waals surface area contributed by atoms with Crippen LogP contribution in [0, 0.1) is 0 Å². The van der Waals surface area contributed by atoms with E-state index in [1.807, 2.05) is 20.8 Å². The Morgan fingerprint density at radius 3 is 2.44 bits per heavy atom. The zero-order chi connectivity index (χ0) is 18.6. The molecule has 0 bridgehead atoms. The Balaban J connectivity index is 2.15. The molecule has 1 aromatic heterocycles. The van der Waals surface area contributed by atoms with Crippen LogP contribution < -0.4 is 10.6 Å². The summed E-state index contributed by atoms with van der Waals surface area (Å²) >= 11 is 6.06. The second kappa shape index (κ2) is 7.48. The van der Waals surface area contributed by atoms with Gasteiger partial charge in [-0.3, -0.25) is 4.79 Å². The maximum absolute atomic E-state index is 12.3. The van der Waals surface area contributed by atoms with Gasteiger partial charge in [0.1, 0.15) is 11.5 Å². The lowest BCUT2D eigenvalue weighted by Gasteiger charge is -2.20. The number of halogens is 1. The molecule has 132 valence electrons. The molecule has 25 heavy (non-hydrogen) atoms. The third-order valence-electron chi connectivity index (χ3n) is 3.02. The second-order valence-corrected chi connectivity index (χ2v) is 6.71. The average molecular weight is 363 g/mol. The summed E-state index contributed by atoms with van der Waals surface area (Å²) in [4.78, 5) is 32.1. The summed E-state index contributed by atoms with van der Waals surface area (Å²) in [7, 11) is 1.28. The quantitative estimate of drug-likeness (QED) is 0.810. The predicted molar refractivity (Wildman–Crippen MR) is 96.2 cm³/mol. The van der Waals surface area contributed by atoms with Crippen LogP contribution >= 0.6 is 11.6 Å². The van der Waals surface area contributed by atoms with Crippen molar-refractivity contribution in [2.75, 3.05) is 17.7 Å². The van der Waals surface area contributed by atoms with Crippen LogP contribution in [0.25, 0.3) is 0 Å². The summed E-state index contributed by atoms with van der Waals surface area (Å²) in [6, 6.07) is 4.46. The molecule has 1 aromatic carbocycles. The molecule has 0 saturated heterocycles. The molecule has 0 fully saturated rings. The number of methoxy groups -OCH3 is 1. The lowest BCUT2D eigenvalue weighted by Crippen LogP contribution is -2.27. The second-order valence-electron chi connectivity index (χ2n) is 6.30. The Kier molecular flexibility index (Phi) is 5.58. The van der Waals surface area contributed by atoms with Crippen molar-refractivity contribution >= 4 is 35.0 Å². The van der Waals surface area contributed by atoms with Crippen molar-refractivity contribution in [3.63, 3.8) is 0 Å². The lowest BCUT2D eigenvalue weighted by atomic mass is 10.1. The van der Waals surface area contributed by atoms with Crippen LogP contribution in [0.3, 0.4) is 0 Å². The number of carbonyl (C=O) groups is 2. The van der Waals surface area contributed by atoms with Gasteiger partial charge in [0.15, 0.2) is 0 Å². The van der Waals surface area contributed by atoms with Crippen LogP contribution in [0.1, 0.15) is 41.6 Å². The van der Waals surface area contributed by atoms with Gasteiger partial charge in [0.05, 0.1) is 35.8 Å². The molecule has 0 spiro atoms. The molecule has 0 unspecified atom stereocenters. The van der Waals surface area contributed by atoms with Gasteiger partial charge in [-0.25, -0.2) is 14.8 Å². The van der Waals surface area contributed by atoms with E-state index >= 15 is 0 Å². The highest BCUT2D eigenvalue weighted by Crippen LogP contribution is 2.24. The first-order valence-corrected chi connectivity index (χ1v) is 7.87. The van der Waals surface area contributed by atoms with Gasteiger partial charge in [-0.1, -0.05) is 11.6 Å². The molecule has 0 aliphatic heterocycles. The van der Waals surface area contributed by atoms with E-state index in [4.69, 9.17) is 11.6 Å². The molecule has 2 N–H and O–H groups in total. The number of anilines is 2. The third-order valence-corrected chi connectivity index (χ3v) is 3.35. The standard InChI is InChI=1S/C17H19ClN4O3/c1-17(2,3)22-14-9-19-13(8-20-14)15(23)21-12-7-10(16(24)25-4)5-6-11(12)18/h5-9H,1-4H3,(H,20,22)(H,21,23). The normalized spacial score (nSPS) is 10.9. The Hall–Kier alpha value is -2.67. The monoisotopic (exact) mass is 362 g/mol. The van der Waals surface area contributed by atoms with E-state index in [2.05, 4.69) is 25.3 Å². The van der Waals surface area contributed by atoms with Crippen molar-refractivity contribution in [3.8, 4) is 0 Å². The number of nitrogens with one attached hydrogen (secondary N) is 2. The average Bonchev–Trinajstić information content (AvgIpc) is 2.55. The fraction of sp³-hybridized carbons (Fsp3) is 0.294. The lowest BCUT2D eigenvalue weighted by molar-refractivity contribution is 0.0600. The smallest absolute Gasteiger partial charge is 0.337 e. The van der Waals surface area contributed by atoms with E-state index in [1.165, 1.54) is 37.7 Å². The minimum Gasteiger partial charge on any atom is -0.465 e. The summed E-state index contributed by atoms with van der Waals surface area (Å²) in [5, 5.41) is 6.06. The van der Waals surface area contributed by atoms with Gasteiger partial charge in [-0.15, -0.1) is 0 Å². The minimum atomic E-state index is -0.524. The molecule has 0 atom stereocenters. The van der Waals surface area contributed by atoms with Crippen LogP contribution in [0.4, 0.5) is 11.5 Å². The summed E-state index contributed by atoms with van der Waals surface area (Å²) in [5.74, 6) is -0.446. The Morgan fingerprint density at radius 1 is 1.16 bits per heavy atom. The van der Waals surface area contributed by atoms with Crippen LogP contribution in [0.15, 0.2) is 30.6 Å². The molecular formula is C17H19ClN4O3. The van der Waals surface area contributed by atoms with E-state index in [-0.39, 0.29) is 22.5 Å². The summed E-state index contributed by atoms with van der Waals surface area (Å²) in [5.41, 5.74) is 0.519. The first-order valence-electron chi connectivity index (χ1n) is 7.49. The maximum Gasteiger partial charge on any atom is 0.337 e. The number of hydrogen-bond donors (Lipinski definition) is 2. The fourth-order valence-electron chi connectivity index (χ4n) is 1.95. The molecule has 2 rings (SSSR count). The molecule has 1 amide bonds. The highest BCUT2D eigenvalue weighted by molar-refractivity contribution is 6.34. The molecule has 0 radical (unpaired) electrons. The Morgan fingerprint density at radius 2 is 1.88 bits per heavy atom. The van der Waals surface area contributed by atoms with Gasteiger partial charge in [-0.2, -0.15) is 0 Å². The number of aromatic nitrogens is 2. The summed E-state index contributed by atoms with van der Waals surface area (Å²) in [6.45, 7) is 5.97. The van der Waals surface area contributed by atoms with Gasteiger partial charge in [0.25, 0.3) is 5.91 Å². The topological polar surface area (TPSA) is 93.2 Å². The molecule has 1 heterocycles. The molecule has 0 aliphatic carbocycles. The van der Waals surface area contributed by atoms with E-state index < -0.39 is 11.9 Å². The number of nitrogens with zero attached hydrogens (tertiary/aromatic N) is 2. The van der Waals surface area contributed by atoms with Crippen LogP contribution in [0.2, 0.25) is 5.02 Å². The zero-order valence-corrected chi connectivity index (χ0v) is 15.1. The number of benzene rings is 1. The number of hydrogen-bond acceptors (Lipinski definition) is 6. The fourth-order valence-corrected chi connectivity index (χ4v) is 2.11. The van der Waals surface area contributed by atoms with Gasteiger partial charge in [0.2, 0.25) is 0 Å². The van der Waals surface area contributed by atoms with Gasteiger partial charge >= 0.3 is 5.97 Å². The number of carbonyl (C=O) groups excluding carboxylic acids is 2. The van der Waals surface area contributed by atoms with Crippen LogP contribution in [-0.4, -0.2) is 34.5 Å². The van der Waals surface area contributed by atoms with E-state index in [0.717, 1.165) is 0 Å². The first kappa shape index (κ1) is 18.7. The van der Waals surface area contributed by atoms with Gasteiger partial charge < -0.3 is 15.4 Å². The molecule has 7 nitrogen and oxygen atoms in total. The number of esters is 1. The minimum absolute atomic E-state index is 0.124. The predicted octanol–water partition coefficient (Wildman–Crippen LogP) is 3.38. The van der Waals surface area contributed by atoms with Crippen molar-refractivity contribution < 1.29 is 14.3 Å². The summed E-state index contributed by atoms with van der Waals surface area (Å²) in [6.07, 6.45) is 2.84. The maximum atomic E-state index is 12.3. The van der Waals surface area contributed by atoms with Crippen molar-refractivity contribution in [2.45, 2.75) is 26.3 Å². The van der Waals surface area contributed by atoms with E-state index in [1.54, 1.807) is 0 Å². The highest BCUT2D eigenvalue weighted by atomic mass is 35.5. The summed E-state index contributed by atoms with van der Waals surface area (Å²) < 4.78 is 4.65. The molecule has 8 heteroatoms. The van der Waals surface area contributed by atoms with Crippen LogP contribution in [-0.2, 0) is 4.74 Å². The molecular weight excluding hydrogens is 344 g/mol. The van der Waals surface area contributed by atoms with Crippen molar-refractivity contribution in [2.24, 2.45) is 0 Å². The largest absolute Gasteiger partial charge is 0.465 e. The van der Waals surface area contributed by atoms with Crippen molar-refractivity contribution in [3.05, 3.63) is 46.9 Å².